The molecule has 2 rings (SSSR count). The predicted octanol–water partition coefficient (Wildman–Crippen LogP) is 3.42. The van der Waals surface area contributed by atoms with E-state index in [1.54, 1.807) is 0 Å². The van der Waals surface area contributed by atoms with E-state index < -0.39 is 16.6 Å². The zero-order chi connectivity index (χ0) is 15.4. The molecule has 0 bridgehead atoms. The molecule has 7 heteroatoms. The molecule has 1 aliphatic rings. The van der Waals surface area contributed by atoms with E-state index in [2.05, 4.69) is 21.2 Å². The van der Waals surface area contributed by atoms with Gasteiger partial charge in [-0.1, -0.05) is 28.8 Å². The Morgan fingerprint density at radius 2 is 2.14 bits per heavy atom. The van der Waals surface area contributed by atoms with Crippen molar-refractivity contribution in [3.8, 4) is 0 Å². The SMILES string of the molecule is O=C(NC1CCCCC1CBr)c1ccc([N+](=O)[O-])cc1F. The van der Waals surface area contributed by atoms with Crippen LogP contribution >= 0.6 is 15.9 Å². The van der Waals surface area contributed by atoms with Crippen molar-refractivity contribution in [3.05, 3.63) is 39.7 Å². The third-order valence-electron chi connectivity index (χ3n) is 3.83. The van der Waals surface area contributed by atoms with Gasteiger partial charge >= 0.3 is 0 Å². The molecule has 0 radical (unpaired) electrons. The zero-order valence-corrected chi connectivity index (χ0v) is 12.9. The molecule has 114 valence electrons. The lowest BCUT2D eigenvalue weighted by Gasteiger charge is -2.31. The van der Waals surface area contributed by atoms with Crippen LogP contribution < -0.4 is 5.32 Å². The van der Waals surface area contributed by atoms with Crippen molar-refractivity contribution in [2.24, 2.45) is 5.92 Å². The molecule has 21 heavy (non-hydrogen) atoms. The fourth-order valence-corrected chi connectivity index (χ4v) is 3.41. The molecule has 0 heterocycles. The highest BCUT2D eigenvalue weighted by atomic mass is 79.9. The van der Waals surface area contributed by atoms with Crippen molar-refractivity contribution in [2.75, 3.05) is 5.33 Å². The van der Waals surface area contributed by atoms with Gasteiger partial charge in [0, 0.05) is 17.4 Å². The van der Waals surface area contributed by atoms with Gasteiger partial charge in [0.05, 0.1) is 16.6 Å². The number of nitro groups is 1. The number of nitro benzene ring substituents is 1. The minimum atomic E-state index is -0.868. The number of alkyl halides is 1. The van der Waals surface area contributed by atoms with Crippen LogP contribution in [0.3, 0.4) is 0 Å². The summed E-state index contributed by atoms with van der Waals surface area (Å²) in [6.45, 7) is 0. The van der Waals surface area contributed by atoms with Gasteiger partial charge in [-0.3, -0.25) is 14.9 Å². The lowest BCUT2D eigenvalue weighted by atomic mass is 9.86. The minimum Gasteiger partial charge on any atom is -0.349 e. The molecule has 0 aliphatic heterocycles. The average molecular weight is 359 g/mol. The summed E-state index contributed by atoms with van der Waals surface area (Å²) in [5, 5.41) is 14.2. The molecule has 1 aromatic rings. The summed E-state index contributed by atoms with van der Waals surface area (Å²) in [6, 6.07) is 3.09. The van der Waals surface area contributed by atoms with Crippen LogP contribution in [0.4, 0.5) is 10.1 Å². The summed E-state index contributed by atoms with van der Waals surface area (Å²) in [7, 11) is 0. The van der Waals surface area contributed by atoms with Gasteiger partial charge in [0.1, 0.15) is 5.82 Å². The van der Waals surface area contributed by atoms with Crippen LogP contribution in [-0.4, -0.2) is 22.2 Å². The zero-order valence-electron chi connectivity index (χ0n) is 11.4. The van der Waals surface area contributed by atoms with Crippen molar-refractivity contribution in [1.29, 1.82) is 0 Å². The molecule has 0 spiro atoms. The highest BCUT2D eigenvalue weighted by Gasteiger charge is 2.27. The molecule has 5 nitrogen and oxygen atoms in total. The van der Waals surface area contributed by atoms with E-state index in [-0.39, 0.29) is 17.3 Å². The van der Waals surface area contributed by atoms with Crippen LogP contribution in [-0.2, 0) is 0 Å². The minimum absolute atomic E-state index is 0.0141. The normalized spacial score (nSPS) is 21.8. The van der Waals surface area contributed by atoms with Crippen LogP contribution in [0, 0.1) is 21.8 Å². The summed E-state index contributed by atoms with van der Waals surface area (Å²) in [4.78, 5) is 22.0. The van der Waals surface area contributed by atoms with Gasteiger partial charge in [0.25, 0.3) is 11.6 Å². The first kappa shape index (κ1) is 15.9. The molecule has 1 aromatic carbocycles. The summed E-state index contributed by atoms with van der Waals surface area (Å²) in [5.74, 6) is -1.04. The number of amides is 1. The molecule has 1 amide bonds. The molecular weight excluding hydrogens is 343 g/mol. The number of benzene rings is 1. The number of carbonyl (C=O) groups is 1. The van der Waals surface area contributed by atoms with E-state index >= 15 is 0 Å². The Labute approximate surface area is 130 Å². The first-order valence-corrected chi connectivity index (χ1v) is 7.96. The maximum absolute atomic E-state index is 13.8. The summed E-state index contributed by atoms with van der Waals surface area (Å²) in [5.41, 5.74) is -0.514. The van der Waals surface area contributed by atoms with Gasteiger partial charge < -0.3 is 5.32 Å². The Morgan fingerprint density at radius 3 is 2.76 bits per heavy atom. The summed E-state index contributed by atoms with van der Waals surface area (Å²) < 4.78 is 13.8. The van der Waals surface area contributed by atoms with E-state index in [0.717, 1.165) is 49.2 Å². The molecule has 0 aromatic heterocycles. The summed E-state index contributed by atoms with van der Waals surface area (Å²) in [6.07, 6.45) is 4.07. The number of non-ortho nitro benzene ring substituents is 1. The van der Waals surface area contributed by atoms with Crippen LogP contribution in [0.5, 0.6) is 0 Å². The maximum atomic E-state index is 13.8. The van der Waals surface area contributed by atoms with Gasteiger partial charge in [-0.15, -0.1) is 0 Å². The number of hydrogen-bond acceptors (Lipinski definition) is 3. The first-order valence-electron chi connectivity index (χ1n) is 6.83. The Kier molecular flexibility index (Phi) is 5.27. The average Bonchev–Trinajstić information content (AvgIpc) is 2.47. The third-order valence-corrected chi connectivity index (χ3v) is 4.66. The topological polar surface area (TPSA) is 72.2 Å². The van der Waals surface area contributed by atoms with E-state index in [1.165, 1.54) is 0 Å². The fraction of sp³-hybridized carbons (Fsp3) is 0.500. The van der Waals surface area contributed by atoms with Crippen LogP contribution in [0.2, 0.25) is 0 Å². The lowest BCUT2D eigenvalue weighted by molar-refractivity contribution is -0.385. The van der Waals surface area contributed by atoms with Gasteiger partial charge in [0.15, 0.2) is 0 Å². The van der Waals surface area contributed by atoms with Crippen molar-refractivity contribution >= 4 is 27.5 Å². The Morgan fingerprint density at radius 1 is 1.43 bits per heavy atom. The van der Waals surface area contributed by atoms with Crippen LogP contribution in [0.25, 0.3) is 0 Å². The van der Waals surface area contributed by atoms with Gasteiger partial charge in [-0.2, -0.15) is 0 Å². The fourth-order valence-electron chi connectivity index (χ4n) is 2.63. The molecule has 1 saturated carbocycles. The second-order valence-corrected chi connectivity index (χ2v) is 5.85. The molecule has 1 N–H and O–H groups in total. The van der Waals surface area contributed by atoms with E-state index in [0.29, 0.717) is 5.92 Å². The number of rotatable bonds is 4. The molecular formula is C14H16BrFN2O3. The summed E-state index contributed by atoms with van der Waals surface area (Å²) >= 11 is 3.44. The third kappa shape index (κ3) is 3.78. The molecule has 1 fully saturated rings. The molecule has 0 saturated heterocycles. The maximum Gasteiger partial charge on any atom is 0.272 e. The van der Waals surface area contributed by atoms with Crippen molar-refractivity contribution < 1.29 is 14.1 Å². The quantitative estimate of drug-likeness (QED) is 0.509. The highest BCUT2D eigenvalue weighted by molar-refractivity contribution is 9.09. The number of nitrogens with zero attached hydrogens (tertiary/aromatic N) is 1. The van der Waals surface area contributed by atoms with Crippen molar-refractivity contribution in [2.45, 2.75) is 31.7 Å². The first-order chi connectivity index (χ1) is 10.0. The second kappa shape index (κ2) is 6.98. The number of nitrogens with one attached hydrogen (secondary N) is 1. The largest absolute Gasteiger partial charge is 0.349 e. The Balaban J connectivity index is 2.11. The van der Waals surface area contributed by atoms with Crippen molar-refractivity contribution in [3.63, 3.8) is 0 Å². The van der Waals surface area contributed by atoms with E-state index in [1.807, 2.05) is 0 Å². The van der Waals surface area contributed by atoms with Gasteiger partial charge in [-0.25, -0.2) is 4.39 Å². The highest BCUT2D eigenvalue weighted by Crippen LogP contribution is 2.26. The Bertz CT molecular complexity index is 553. The number of hydrogen-bond donors (Lipinski definition) is 1. The van der Waals surface area contributed by atoms with Crippen LogP contribution in [0.1, 0.15) is 36.0 Å². The number of halogens is 2. The number of carbonyl (C=O) groups excluding carboxylic acids is 1. The van der Waals surface area contributed by atoms with E-state index in [4.69, 9.17) is 0 Å². The van der Waals surface area contributed by atoms with E-state index in [9.17, 15) is 19.3 Å². The predicted molar refractivity (Wildman–Crippen MR) is 80.1 cm³/mol. The smallest absolute Gasteiger partial charge is 0.272 e. The van der Waals surface area contributed by atoms with Gasteiger partial charge in [-0.05, 0) is 24.8 Å². The van der Waals surface area contributed by atoms with Crippen LogP contribution in [0.15, 0.2) is 18.2 Å². The molecule has 2 unspecified atom stereocenters. The van der Waals surface area contributed by atoms with Gasteiger partial charge in [0.2, 0.25) is 0 Å². The Hall–Kier alpha value is -1.50. The monoisotopic (exact) mass is 358 g/mol. The molecule has 1 aliphatic carbocycles. The second-order valence-electron chi connectivity index (χ2n) is 5.20. The standard InChI is InChI=1S/C14H16BrFN2O3/c15-8-9-3-1-2-4-13(9)17-14(19)11-6-5-10(18(20)21)7-12(11)16/h5-7,9,13H,1-4,8H2,(H,17,19). The molecule has 2 atom stereocenters. The lowest BCUT2D eigenvalue weighted by Crippen LogP contribution is -2.43. The van der Waals surface area contributed by atoms with Crippen molar-refractivity contribution in [1.82, 2.24) is 5.32 Å².